The van der Waals surface area contributed by atoms with Gasteiger partial charge in [0.05, 0.1) is 32.5 Å². The van der Waals surface area contributed by atoms with E-state index in [1.54, 1.807) is 7.11 Å². The van der Waals surface area contributed by atoms with Crippen LogP contribution in [0.5, 0.6) is 5.75 Å². The molecular formula is C16H25NO4. The first-order valence-corrected chi connectivity index (χ1v) is 7.49. The number of methoxy groups -OCH3 is 1. The van der Waals surface area contributed by atoms with E-state index in [1.165, 1.54) is 0 Å². The van der Waals surface area contributed by atoms with E-state index in [9.17, 15) is 5.11 Å². The summed E-state index contributed by atoms with van der Waals surface area (Å²) in [6, 6.07) is 7.85. The summed E-state index contributed by atoms with van der Waals surface area (Å²) >= 11 is 0. The monoisotopic (exact) mass is 295 g/mol. The summed E-state index contributed by atoms with van der Waals surface area (Å²) in [5, 5.41) is 13.1. The standard InChI is InChI=1S/C16H25NO4/c1-19-16-7-3-2-5-13(16)9-17-10-14(18)11-20-12-15-6-4-8-21-15/h2-3,5,7,14-15,17-18H,4,6,8-12H2,1H3. The normalized spacial score (nSPS) is 19.6. The van der Waals surface area contributed by atoms with Gasteiger partial charge in [-0.1, -0.05) is 18.2 Å². The molecule has 0 aromatic heterocycles. The maximum absolute atomic E-state index is 9.87. The molecule has 1 heterocycles. The molecule has 1 aliphatic rings. The zero-order chi connectivity index (χ0) is 14.9. The van der Waals surface area contributed by atoms with Gasteiger partial charge in [-0.25, -0.2) is 0 Å². The van der Waals surface area contributed by atoms with E-state index in [2.05, 4.69) is 5.32 Å². The van der Waals surface area contributed by atoms with Gasteiger partial charge in [0.15, 0.2) is 0 Å². The van der Waals surface area contributed by atoms with Crippen molar-refractivity contribution in [1.29, 1.82) is 0 Å². The fraction of sp³-hybridized carbons (Fsp3) is 0.625. The molecule has 0 aliphatic carbocycles. The highest BCUT2D eigenvalue weighted by Crippen LogP contribution is 2.16. The first kappa shape index (κ1) is 16.2. The molecule has 1 saturated heterocycles. The predicted octanol–water partition coefficient (Wildman–Crippen LogP) is 1.34. The molecule has 0 saturated carbocycles. The van der Waals surface area contributed by atoms with E-state index < -0.39 is 6.10 Å². The Morgan fingerprint density at radius 2 is 2.29 bits per heavy atom. The summed E-state index contributed by atoms with van der Waals surface area (Å²) < 4.78 is 16.2. The molecular weight excluding hydrogens is 270 g/mol. The topological polar surface area (TPSA) is 60.0 Å². The highest BCUT2D eigenvalue weighted by Gasteiger charge is 2.16. The van der Waals surface area contributed by atoms with Crippen molar-refractivity contribution < 1.29 is 19.3 Å². The minimum atomic E-state index is -0.513. The summed E-state index contributed by atoms with van der Waals surface area (Å²) in [6.07, 6.45) is 1.86. The van der Waals surface area contributed by atoms with Crippen molar-refractivity contribution in [3.05, 3.63) is 29.8 Å². The second-order valence-corrected chi connectivity index (χ2v) is 5.27. The van der Waals surface area contributed by atoms with Crippen molar-refractivity contribution >= 4 is 0 Å². The maximum Gasteiger partial charge on any atom is 0.123 e. The van der Waals surface area contributed by atoms with Crippen LogP contribution in [0.25, 0.3) is 0 Å². The van der Waals surface area contributed by atoms with Crippen molar-refractivity contribution in [2.24, 2.45) is 0 Å². The van der Waals surface area contributed by atoms with Crippen molar-refractivity contribution in [2.75, 3.05) is 33.5 Å². The SMILES string of the molecule is COc1ccccc1CNCC(O)COCC1CCCO1. The fourth-order valence-corrected chi connectivity index (χ4v) is 2.39. The Bertz CT molecular complexity index is 407. The molecule has 2 unspecified atom stereocenters. The van der Waals surface area contributed by atoms with E-state index in [1.807, 2.05) is 24.3 Å². The molecule has 118 valence electrons. The fourth-order valence-electron chi connectivity index (χ4n) is 2.39. The summed E-state index contributed by atoms with van der Waals surface area (Å²) in [5.41, 5.74) is 1.08. The molecule has 2 atom stereocenters. The summed E-state index contributed by atoms with van der Waals surface area (Å²) in [5.74, 6) is 0.856. The van der Waals surface area contributed by atoms with E-state index in [-0.39, 0.29) is 6.10 Å². The number of nitrogens with one attached hydrogen (secondary N) is 1. The van der Waals surface area contributed by atoms with Crippen molar-refractivity contribution in [1.82, 2.24) is 5.32 Å². The predicted molar refractivity (Wildman–Crippen MR) is 80.5 cm³/mol. The first-order chi connectivity index (χ1) is 10.3. The second-order valence-electron chi connectivity index (χ2n) is 5.27. The Hall–Kier alpha value is -1.14. The van der Waals surface area contributed by atoms with Crippen LogP contribution in [0.2, 0.25) is 0 Å². The molecule has 0 radical (unpaired) electrons. The molecule has 21 heavy (non-hydrogen) atoms. The Morgan fingerprint density at radius 1 is 1.43 bits per heavy atom. The molecule has 0 amide bonds. The van der Waals surface area contributed by atoms with Gasteiger partial charge in [0.25, 0.3) is 0 Å². The maximum atomic E-state index is 9.87. The number of para-hydroxylation sites is 1. The van der Waals surface area contributed by atoms with Crippen LogP contribution in [0.3, 0.4) is 0 Å². The van der Waals surface area contributed by atoms with Crippen LogP contribution < -0.4 is 10.1 Å². The van der Waals surface area contributed by atoms with Crippen LogP contribution in [-0.2, 0) is 16.0 Å². The highest BCUT2D eigenvalue weighted by molar-refractivity contribution is 5.32. The zero-order valence-electron chi connectivity index (χ0n) is 12.6. The number of aliphatic hydroxyl groups is 1. The van der Waals surface area contributed by atoms with E-state index >= 15 is 0 Å². The lowest BCUT2D eigenvalue weighted by atomic mass is 10.2. The minimum Gasteiger partial charge on any atom is -0.496 e. The van der Waals surface area contributed by atoms with Gasteiger partial charge in [0.2, 0.25) is 0 Å². The van der Waals surface area contributed by atoms with Gasteiger partial charge < -0.3 is 24.6 Å². The van der Waals surface area contributed by atoms with Gasteiger partial charge in [0.1, 0.15) is 5.75 Å². The molecule has 1 aliphatic heterocycles. The smallest absolute Gasteiger partial charge is 0.123 e. The number of aliphatic hydroxyl groups excluding tert-OH is 1. The molecule has 1 fully saturated rings. The summed E-state index contributed by atoms with van der Waals surface area (Å²) in [4.78, 5) is 0. The van der Waals surface area contributed by atoms with Crippen LogP contribution in [-0.4, -0.2) is 50.8 Å². The zero-order valence-corrected chi connectivity index (χ0v) is 12.6. The molecule has 2 rings (SSSR count). The van der Waals surface area contributed by atoms with E-state index in [0.29, 0.717) is 26.3 Å². The molecule has 0 spiro atoms. The number of hydrogen-bond donors (Lipinski definition) is 2. The van der Waals surface area contributed by atoms with Crippen molar-refractivity contribution in [3.63, 3.8) is 0 Å². The van der Waals surface area contributed by atoms with Gasteiger partial charge in [-0.05, 0) is 18.9 Å². The van der Waals surface area contributed by atoms with Crippen molar-refractivity contribution in [3.8, 4) is 5.75 Å². The third-order valence-corrected chi connectivity index (χ3v) is 3.53. The molecule has 2 N–H and O–H groups in total. The highest BCUT2D eigenvalue weighted by atomic mass is 16.5. The Labute approximate surface area is 126 Å². The second kappa shape index (κ2) is 9.00. The largest absolute Gasteiger partial charge is 0.496 e. The van der Waals surface area contributed by atoms with E-state index in [4.69, 9.17) is 14.2 Å². The first-order valence-electron chi connectivity index (χ1n) is 7.49. The quantitative estimate of drug-likeness (QED) is 0.720. The van der Waals surface area contributed by atoms with Crippen LogP contribution in [0.4, 0.5) is 0 Å². The van der Waals surface area contributed by atoms with Gasteiger partial charge in [-0.3, -0.25) is 0 Å². The number of benzene rings is 1. The molecule has 5 heteroatoms. The lowest BCUT2D eigenvalue weighted by Crippen LogP contribution is -2.31. The molecule has 0 bridgehead atoms. The van der Waals surface area contributed by atoms with Gasteiger partial charge in [0, 0.05) is 25.3 Å². The van der Waals surface area contributed by atoms with Gasteiger partial charge >= 0.3 is 0 Å². The summed E-state index contributed by atoms with van der Waals surface area (Å²) in [6.45, 7) is 2.88. The number of ether oxygens (including phenoxy) is 3. The van der Waals surface area contributed by atoms with E-state index in [0.717, 1.165) is 30.8 Å². The van der Waals surface area contributed by atoms with Gasteiger partial charge in [-0.2, -0.15) is 0 Å². The average Bonchev–Trinajstić information content (AvgIpc) is 3.01. The molecule has 5 nitrogen and oxygen atoms in total. The minimum absolute atomic E-state index is 0.207. The molecule has 1 aromatic rings. The lowest BCUT2D eigenvalue weighted by Gasteiger charge is -2.15. The Morgan fingerprint density at radius 3 is 3.05 bits per heavy atom. The van der Waals surface area contributed by atoms with Crippen LogP contribution in [0.1, 0.15) is 18.4 Å². The lowest BCUT2D eigenvalue weighted by molar-refractivity contribution is -0.0164. The molecule has 1 aromatic carbocycles. The Balaban J connectivity index is 1.59. The van der Waals surface area contributed by atoms with Crippen LogP contribution in [0, 0.1) is 0 Å². The van der Waals surface area contributed by atoms with Crippen molar-refractivity contribution in [2.45, 2.75) is 31.6 Å². The number of hydrogen-bond acceptors (Lipinski definition) is 5. The third kappa shape index (κ3) is 5.63. The van der Waals surface area contributed by atoms with Gasteiger partial charge in [-0.15, -0.1) is 0 Å². The van der Waals surface area contributed by atoms with Crippen LogP contribution in [0.15, 0.2) is 24.3 Å². The average molecular weight is 295 g/mol. The van der Waals surface area contributed by atoms with Crippen LogP contribution >= 0.6 is 0 Å². The summed E-state index contributed by atoms with van der Waals surface area (Å²) in [7, 11) is 1.66. The number of rotatable bonds is 9. The third-order valence-electron chi connectivity index (χ3n) is 3.53. The Kier molecular flexibility index (Phi) is 6.95.